The van der Waals surface area contributed by atoms with E-state index in [2.05, 4.69) is 0 Å². The third kappa shape index (κ3) is 1.42. The van der Waals surface area contributed by atoms with Crippen molar-refractivity contribution in [3.8, 4) is 0 Å². The Bertz CT molecular complexity index is 263. The number of ketones is 1. The van der Waals surface area contributed by atoms with E-state index in [9.17, 15) is 4.79 Å². The molecule has 1 N–H and O–H groups in total. The highest BCUT2D eigenvalue weighted by atomic mass is 16.6. The highest BCUT2D eigenvalue weighted by Crippen LogP contribution is 2.41. The molecule has 1 aliphatic carbocycles. The van der Waals surface area contributed by atoms with Crippen LogP contribution in [-0.4, -0.2) is 29.7 Å². The van der Waals surface area contributed by atoms with Crippen molar-refractivity contribution in [1.82, 2.24) is 0 Å². The lowest BCUT2D eigenvalue weighted by Gasteiger charge is -2.24. The van der Waals surface area contributed by atoms with E-state index >= 15 is 0 Å². The monoisotopic (exact) mass is 182 g/mol. The molecule has 0 aromatic rings. The van der Waals surface area contributed by atoms with Crippen molar-refractivity contribution >= 4 is 5.78 Å². The summed E-state index contributed by atoms with van der Waals surface area (Å²) in [6, 6.07) is 0. The quantitative estimate of drug-likeness (QED) is 0.639. The average molecular weight is 182 g/mol. The minimum absolute atomic E-state index is 0.0395. The van der Waals surface area contributed by atoms with E-state index in [0.29, 0.717) is 13.0 Å². The van der Waals surface area contributed by atoms with Gasteiger partial charge < -0.3 is 9.84 Å². The molecule has 1 fully saturated rings. The maximum atomic E-state index is 11.4. The van der Waals surface area contributed by atoms with Gasteiger partial charge in [0.2, 0.25) is 0 Å². The molecule has 1 saturated heterocycles. The van der Waals surface area contributed by atoms with E-state index in [1.807, 2.05) is 13.0 Å². The van der Waals surface area contributed by atoms with Crippen LogP contribution in [0, 0.1) is 5.92 Å². The van der Waals surface area contributed by atoms with E-state index in [1.165, 1.54) is 0 Å². The Hall–Kier alpha value is -0.670. The summed E-state index contributed by atoms with van der Waals surface area (Å²) in [6.07, 6.45) is 3.34. The van der Waals surface area contributed by atoms with E-state index in [0.717, 1.165) is 12.0 Å². The van der Waals surface area contributed by atoms with Gasteiger partial charge in [0.15, 0.2) is 5.78 Å². The first kappa shape index (κ1) is 8.91. The van der Waals surface area contributed by atoms with Crippen LogP contribution < -0.4 is 0 Å². The van der Waals surface area contributed by atoms with Gasteiger partial charge in [-0.25, -0.2) is 0 Å². The normalized spacial score (nSPS) is 38.8. The van der Waals surface area contributed by atoms with Crippen LogP contribution in [0.15, 0.2) is 11.6 Å². The Labute approximate surface area is 77.4 Å². The molecule has 72 valence electrons. The number of hydrogen-bond acceptors (Lipinski definition) is 3. The number of epoxide rings is 1. The second kappa shape index (κ2) is 2.93. The number of aliphatic hydroxyl groups is 1. The highest BCUT2D eigenvalue weighted by molar-refractivity contribution is 5.95. The molecule has 3 heteroatoms. The molecule has 0 bridgehead atoms. The fraction of sp³-hybridized carbons (Fsp3) is 0.700. The summed E-state index contributed by atoms with van der Waals surface area (Å²) >= 11 is 0. The molecule has 0 radical (unpaired) electrons. The zero-order chi connectivity index (χ0) is 9.47. The minimum Gasteiger partial charge on any atom is -0.393 e. The number of Topliss-reactive ketones (excluding diaryl/α,β-unsaturated/α-hetero) is 1. The molecule has 2 atom stereocenters. The molecule has 0 saturated carbocycles. The Morgan fingerprint density at radius 1 is 1.77 bits per heavy atom. The molecule has 2 aliphatic rings. The summed E-state index contributed by atoms with van der Waals surface area (Å²) in [5, 5.41) is 9.10. The van der Waals surface area contributed by atoms with Gasteiger partial charge in [0, 0.05) is 12.3 Å². The van der Waals surface area contributed by atoms with Gasteiger partial charge in [0.1, 0.15) is 5.60 Å². The minimum atomic E-state index is -0.382. The first-order valence-electron chi connectivity index (χ1n) is 4.63. The predicted molar refractivity (Wildman–Crippen MR) is 47.3 cm³/mol. The van der Waals surface area contributed by atoms with Crippen LogP contribution in [0.2, 0.25) is 0 Å². The third-order valence-electron chi connectivity index (χ3n) is 3.11. The number of carbonyl (C=O) groups is 1. The van der Waals surface area contributed by atoms with Crippen molar-refractivity contribution in [2.45, 2.75) is 25.4 Å². The van der Waals surface area contributed by atoms with E-state index in [1.54, 1.807) is 0 Å². The summed E-state index contributed by atoms with van der Waals surface area (Å²) in [7, 11) is 0. The van der Waals surface area contributed by atoms with Crippen molar-refractivity contribution in [1.29, 1.82) is 0 Å². The van der Waals surface area contributed by atoms with Crippen LogP contribution in [0.5, 0.6) is 0 Å². The molecular formula is C10H14O3. The maximum Gasteiger partial charge on any atom is 0.158 e. The summed E-state index contributed by atoms with van der Waals surface area (Å²) in [5.74, 6) is 0.383. The summed E-state index contributed by atoms with van der Waals surface area (Å²) < 4.78 is 5.24. The van der Waals surface area contributed by atoms with Gasteiger partial charge in [-0.15, -0.1) is 0 Å². The Balaban J connectivity index is 2.09. The fourth-order valence-corrected chi connectivity index (χ4v) is 1.85. The number of hydrogen-bond donors (Lipinski definition) is 1. The van der Waals surface area contributed by atoms with Crippen LogP contribution in [-0.2, 0) is 9.53 Å². The van der Waals surface area contributed by atoms with Gasteiger partial charge in [-0.2, -0.15) is 0 Å². The van der Waals surface area contributed by atoms with Gasteiger partial charge in [-0.1, -0.05) is 6.08 Å². The predicted octanol–water partition coefficient (Wildman–Crippen LogP) is 0.673. The van der Waals surface area contributed by atoms with Crippen molar-refractivity contribution in [3.63, 3.8) is 0 Å². The number of carbonyl (C=O) groups excluding carboxylic acids is 1. The molecule has 0 spiro atoms. The smallest absolute Gasteiger partial charge is 0.158 e. The van der Waals surface area contributed by atoms with E-state index in [4.69, 9.17) is 9.84 Å². The van der Waals surface area contributed by atoms with Crippen LogP contribution >= 0.6 is 0 Å². The van der Waals surface area contributed by atoms with Gasteiger partial charge in [-0.05, 0) is 18.9 Å². The maximum absolute atomic E-state index is 11.4. The Morgan fingerprint density at radius 2 is 2.46 bits per heavy atom. The number of allylic oxidation sites excluding steroid dienone is 2. The van der Waals surface area contributed by atoms with Crippen molar-refractivity contribution in [3.05, 3.63) is 11.6 Å². The standard InChI is InChI=1S/C10H14O3/c1-7-2-3-8(4-9(7)12)10(5-11)6-13-10/h2,8,11H,3-6H2,1H3. The van der Waals surface area contributed by atoms with Crippen LogP contribution in [0.3, 0.4) is 0 Å². The summed E-state index contributed by atoms with van der Waals surface area (Å²) in [6.45, 7) is 2.49. The molecule has 2 unspecified atom stereocenters. The fourth-order valence-electron chi connectivity index (χ4n) is 1.85. The molecule has 0 aromatic heterocycles. The Kier molecular flexibility index (Phi) is 2.00. The van der Waals surface area contributed by atoms with E-state index in [-0.39, 0.29) is 23.9 Å². The van der Waals surface area contributed by atoms with Crippen LogP contribution in [0.1, 0.15) is 19.8 Å². The van der Waals surface area contributed by atoms with Crippen molar-refractivity contribution in [2.24, 2.45) is 5.92 Å². The zero-order valence-electron chi connectivity index (χ0n) is 7.75. The lowest BCUT2D eigenvalue weighted by atomic mass is 9.81. The lowest BCUT2D eigenvalue weighted by Crippen LogP contribution is -2.32. The second-order valence-corrected chi connectivity index (χ2v) is 3.96. The molecule has 1 aliphatic heterocycles. The average Bonchev–Trinajstić information content (AvgIpc) is 2.90. The SMILES string of the molecule is CC1=CCC(C2(CO)CO2)CC1=O. The molecule has 13 heavy (non-hydrogen) atoms. The molecule has 0 aromatic carbocycles. The van der Waals surface area contributed by atoms with E-state index < -0.39 is 0 Å². The molecule has 2 rings (SSSR count). The van der Waals surface area contributed by atoms with Gasteiger partial charge in [0.25, 0.3) is 0 Å². The van der Waals surface area contributed by atoms with Crippen LogP contribution in [0.4, 0.5) is 0 Å². The number of rotatable bonds is 2. The third-order valence-corrected chi connectivity index (χ3v) is 3.11. The van der Waals surface area contributed by atoms with Crippen molar-refractivity contribution < 1.29 is 14.6 Å². The topological polar surface area (TPSA) is 49.8 Å². The summed E-state index contributed by atoms with van der Waals surface area (Å²) in [4.78, 5) is 11.4. The highest BCUT2D eigenvalue weighted by Gasteiger charge is 2.51. The largest absolute Gasteiger partial charge is 0.393 e. The second-order valence-electron chi connectivity index (χ2n) is 3.96. The molecular weight excluding hydrogens is 168 g/mol. The van der Waals surface area contributed by atoms with Crippen LogP contribution in [0.25, 0.3) is 0 Å². The van der Waals surface area contributed by atoms with Gasteiger partial charge >= 0.3 is 0 Å². The molecule has 0 amide bonds. The molecule has 1 heterocycles. The zero-order valence-corrected chi connectivity index (χ0v) is 7.75. The lowest BCUT2D eigenvalue weighted by molar-refractivity contribution is -0.117. The molecule has 3 nitrogen and oxygen atoms in total. The number of ether oxygens (including phenoxy) is 1. The number of aliphatic hydroxyl groups excluding tert-OH is 1. The first-order chi connectivity index (χ1) is 6.18. The summed E-state index contributed by atoms with van der Waals surface area (Å²) in [5.41, 5.74) is 0.470. The Morgan fingerprint density at radius 3 is 2.92 bits per heavy atom. The van der Waals surface area contributed by atoms with Gasteiger partial charge in [0.05, 0.1) is 13.2 Å². The van der Waals surface area contributed by atoms with Crippen molar-refractivity contribution in [2.75, 3.05) is 13.2 Å². The first-order valence-corrected chi connectivity index (χ1v) is 4.63. The van der Waals surface area contributed by atoms with Gasteiger partial charge in [-0.3, -0.25) is 4.79 Å².